The third kappa shape index (κ3) is 3.04. The molecule has 0 spiro atoms. The van der Waals surface area contributed by atoms with Crippen molar-refractivity contribution in [2.75, 3.05) is 13.2 Å². The van der Waals surface area contributed by atoms with E-state index in [1.54, 1.807) is 12.1 Å². The molecule has 0 fully saturated rings. The molecule has 4 heteroatoms. The van der Waals surface area contributed by atoms with E-state index in [-0.39, 0.29) is 13.2 Å². The fourth-order valence-corrected chi connectivity index (χ4v) is 1.20. The molecule has 0 amide bonds. The summed E-state index contributed by atoms with van der Waals surface area (Å²) in [4.78, 5) is 10.7. The normalized spacial score (nSPS) is 12.2. The fourth-order valence-electron chi connectivity index (χ4n) is 1.20. The number of aldehydes is 1. The lowest BCUT2D eigenvalue weighted by atomic mass is 10.1. The second-order valence-electron chi connectivity index (χ2n) is 3.26. The van der Waals surface area contributed by atoms with Crippen LogP contribution in [0.4, 0.5) is 0 Å². The Balaban J connectivity index is 2.78. The van der Waals surface area contributed by atoms with Crippen LogP contribution >= 0.6 is 0 Å². The molecule has 0 heterocycles. The van der Waals surface area contributed by atoms with Gasteiger partial charge in [0.2, 0.25) is 0 Å². The van der Waals surface area contributed by atoms with Crippen molar-refractivity contribution in [2.24, 2.45) is 0 Å². The summed E-state index contributed by atoms with van der Waals surface area (Å²) in [5.41, 5.74) is 1.27. The molecule has 0 saturated carbocycles. The van der Waals surface area contributed by atoms with Crippen molar-refractivity contribution in [2.45, 2.75) is 13.0 Å². The van der Waals surface area contributed by atoms with Gasteiger partial charge in [-0.2, -0.15) is 0 Å². The fraction of sp³-hybridized carbons (Fsp3) is 0.364. The molecule has 1 aromatic rings. The number of hydrogen-bond acceptors (Lipinski definition) is 4. The largest absolute Gasteiger partial charge is 0.490 e. The Morgan fingerprint density at radius 2 is 2.27 bits per heavy atom. The maximum atomic E-state index is 10.7. The Labute approximate surface area is 88.1 Å². The van der Waals surface area contributed by atoms with E-state index >= 15 is 0 Å². The average molecular weight is 210 g/mol. The minimum absolute atomic E-state index is 0.0256. The summed E-state index contributed by atoms with van der Waals surface area (Å²) in [7, 11) is 0. The highest BCUT2D eigenvalue weighted by atomic mass is 16.5. The highest BCUT2D eigenvalue weighted by Gasteiger charge is 2.08. The van der Waals surface area contributed by atoms with Crippen LogP contribution in [0.25, 0.3) is 0 Å². The second-order valence-corrected chi connectivity index (χ2v) is 3.26. The van der Waals surface area contributed by atoms with E-state index in [0.29, 0.717) is 17.6 Å². The maximum absolute atomic E-state index is 10.7. The van der Waals surface area contributed by atoms with Gasteiger partial charge in [0, 0.05) is 0 Å². The van der Waals surface area contributed by atoms with Crippen LogP contribution in [-0.4, -0.2) is 35.8 Å². The Bertz CT molecular complexity index is 335. The maximum Gasteiger partial charge on any atom is 0.153 e. The number of para-hydroxylation sites is 1. The Kier molecular flexibility index (Phi) is 4.27. The van der Waals surface area contributed by atoms with E-state index < -0.39 is 6.10 Å². The first kappa shape index (κ1) is 11.7. The number of ether oxygens (including phenoxy) is 1. The van der Waals surface area contributed by atoms with Crippen LogP contribution in [0.15, 0.2) is 18.2 Å². The van der Waals surface area contributed by atoms with Crippen molar-refractivity contribution in [1.82, 2.24) is 0 Å². The summed E-state index contributed by atoms with van der Waals surface area (Å²) < 4.78 is 5.27. The molecule has 1 rings (SSSR count). The number of carbonyl (C=O) groups excluding carboxylic acids is 1. The van der Waals surface area contributed by atoms with Crippen molar-refractivity contribution in [3.8, 4) is 5.75 Å². The molecule has 4 nitrogen and oxygen atoms in total. The molecule has 82 valence electrons. The zero-order chi connectivity index (χ0) is 11.3. The van der Waals surface area contributed by atoms with Crippen LogP contribution in [-0.2, 0) is 0 Å². The lowest BCUT2D eigenvalue weighted by molar-refractivity contribution is 0.0531. The molecule has 2 N–H and O–H groups in total. The number of aryl methyl sites for hydroxylation is 1. The van der Waals surface area contributed by atoms with Gasteiger partial charge in [0.15, 0.2) is 6.29 Å². The van der Waals surface area contributed by atoms with E-state index in [2.05, 4.69) is 0 Å². The third-order valence-electron chi connectivity index (χ3n) is 2.00. The second kappa shape index (κ2) is 5.48. The molecular formula is C11H14O4. The monoisotopic (exact) mass is 210 g/mol. The van der Waals surface area contributed by atoms with Crippen molar-refractivity contribution in [1.29, 1.82) is 0 Å². The van der Waals surface area contributed by atoms with Crippen LogP contribution < -0.4 is 4.74 Å². The number of carbonyl (C=O) groups is 1. The Morgan fingerprint density at radius 3 is 2.87 bits per heavy atom. The highest BCUT2D eigenvalue weighted by molar-refractivity contribution is 5.80. The molecule has 0 radical (unpaired) electrons. The highest BCUT2D eigenvalue weighted by Crippen LogP contribution is 2.21. The SMILES string of the molecule is Cc1cccc(C=O)c1OCC(O)CO. The zero-order valence-corrected chi connectivity index (χ0v) is 8.51. The van der Waals surface area contributed by atoms with Gasteiger partial charge in [0.1, 0.15) is 18.5 Å². The third-order valence-corrected chi connectivity index (χ3v) is 2.00. The number of benzene rings is 1. The quantitative estimate of drug-likeness (QED) is 0.696. The van der Waals surface area contributed by atoms with Gasteiger partial charge in [-0.1, -0.05) is 12.1 Å². The first-order valence-corrected chi connectivity index (χ1v) is 4.65. The van der Waals surface area contributed by atoms with Crippen LogP contribution in [0.2, 0.25) is 0 Å². The summed E-state index contributed by atoms with van der Waals surface area (Å²) in [5.74, 6) is 0.458. The van der Waals surface area contributed by atoms with Crippen LogP contribution in [0.5, 0.6) is 5.75 Å². The predicted octanol–water partition coefficient (Wildman–Crippen LogP) is 0.540. The summed E-state index contributed by atoms with van der Waals surface area (Å²) in [6.07, 6.45) is -0.225. The lowest BCUT2D eigenvalue weighted by Gasteiger charge is -2.13. The molecule has 0 aliphatic rings. The van der Waals surface area contributed by atoms with Gasteiger partial charge in [-0.25, -0.2) is 0 Å². The summed E-state index contributed by atoms with van der Waals surface area (Å²) in [5, 5.41) is 17.7. The molecule has 15 heavy (non-hydrogen) atoms. The van der Waals surface area contributed by atoms with Gasteiger partial charge in [-0.15, -0.1) is 0 Å². The van der Waals surface area contributed by atoms with Gasteiger partial charge in [0.25, 0.3) is 0 Å². The van der Waals surface area contributed by atoms with Gasteiger partial charge in [0.05, 0.1) is 12.2 Å². The minimum atomic E-state index is -0.927. The molecular weight excluding hydrogens is 196 g/mol. The van der Waals surface area contributed by atoms with E-state index in [9.17, 15) is 4.79 Å². The number of hydrogen-bond donors (Lipinski definition) is 2. The number of rotatable bonds is 5. The molecule has 0 bridgehead atoms. The molecule has 1 aromatic carbocycles. The summed E-state index contributed by atoms with van der Waals surface area (Å²) in [6, 6.07) is 5.21. The zero-order valence-electron chi connectivity index (χ0n) is 8.51. The van der Waals surface area contributed by atoms with E-state index in [1.807, 2.05) is 13.0 Å². The molecule has 0 saturated heterocycles. The minimum Gasteiger partial charge on any atom is -0.490 e. The average Bonchev–Trinajstić information content (AvgIpc) is 2.26. The van der Waals surface area contributed by atoms with Crippen molar-refractivity contribution >= 4 is 6.29 Å². The number of aliphatic hydroxyl groups excluding tert-OH is 2. The summed E-state index contributed by atoms with van der Waals surface area (Å²) >= 11 is 0. The predicted molar refractivity (Wildman–Crippen MR) is 55.2 cm³/mol. The van der Waals surface area contributed by atoms with Crippen molar-refractivity contribution in [3.05, 3.63) is 29.3 Å². The van der Waals surface area contributed by atoms with Gasteiger partial charge < -0.3 is 14.9 Å². The van der Waals surface area contributed by atoms with Crippen LogP contribution in [0, 0.1) is 6.92 Å². The molecule has 0 aliphatic heterocycles. The molecule has 1 atom stereocenters. The van der Waals surface area contributed by atoms with Gasteiger partial charge in [-0.05, 0) is 18.6 Å². The van der Waals surface area contributed by atoms with Gasteiger partial charge >= 0.3 is 0 Å². The molecule has 0 aliphatic carbocycles. The standard InChI is InChI=1S/C11H14O4/c1-8-3-2-4-9(5-12)11(8)15-7-10(14)6-13/h2-5,10,13-14H,6-7H2,1H3. The van der Waals surface area contributed by atoms with Crippen LogP contribution in [0.3, 0.4) is 0 Å². The first-order chi connectivity index (χ1) is 7.19. The first-order valence-electron chi connectivity index (χ1n) is 4.65. The molecule has 0 aromatic heterocycles. The smallest absolute Gasteiger partial charge is 0.153 e. The van der Waals surface area contributed by atoms with E-state index in [0.717, 1.165) is 5.56 Å². The van der Waals surface area contributed by atoms with E-state index in [4.69, 9.17) is 14.9 Å². The van der Waals surface area contributed by atoms with E-state index in [1.165, 1.54) is 0 Å². The molecule has 1 unspecified atom stereocenters. The Hall–Kier alpha value is -1.39. The van der Waals surface area contributed by atoms with Crippen molar-refractivity contribution in [3.63, 3.8) is 0 Å². The summed E-state index contributed by atoms with van der Waals surface area (Å²) in [6.45, 7) is 1.43. The Morgan fingerprint density at radius 1 is 1.53 bits per heavy atom. The lowest BCUT2D eigenvalue weighted by Crippen LogP contribution is -2.21. The van der Waals surface area contributed by atoms with Crippen molar-refractivity contribution < 1.29 is 19.7 Å². The topological polar surface area (TPSA) is 66.8 Å². The van der Waals surface area contributed by atoms with Gasteiger partial charge in [-0.3, -0.25) is 4.79 Å². The van der Waals surface area contributed by atoms with Crippen LogP contribution in [0.1, 0.15) is 15.9 Å². The number of aliphatic hydroxyl groups is 2.